The number of anilines is 1. The van der Waals surface area contributed by atoms with Gasteiger partial charge >= 0.3 is 0 Å². The average molecular weight is 369 g/mol. The van der Waals surface area contributed by atoms with Crippen LogP contribution in [0.4, 0.5) is 5.95 Å². The topological polar surface area (TPSA) is 95.5 Å². The minimum Gasteiger partial charge on any atom is -0.355 e. The molecule has 1 fully saturated rings. The lowest BCUT2D eigenvalue weighted by Crippen LogP contribution is -2.50. The van der Waals surface area contributed by atoms with Crippen molar-refractivity contribution in [3.8, 4) is 0 Å². The summed E-state index contributed by atoms with van der Waals surface area (Å²) >= 11 is 0. The number of piperazine rings is 1. The second-order valence-electron chi connectivity index (χ2n) is 6.06. The third-order valence-corrected chi connectivity index (χ3v) is 6.35. The first-order chi connectivity index (χ1) is 12.0. The van der Waals surface area contributed by atoms with Gasteiger partial charge in [-0.25, -0.2) is 18.4 Å². The molecule has 9 heteroatoms. The van der Waals surface area contributed by atoms with Crippen LogP contribution in [-0.4, -0.2) is 67.1 Å². The minimum absolute atomic E-state index is 0.0443. The molecule has 0 aromatic carbocycles. The lowest BCUT2D eigenvalue weighted by atomic mass is 10.0. The molecule has 0 radical (unpaired) electrons. The van der Waals surface area contributed by atoms with Crippen molar-refractivity contribution in [3.05, 3.63) is 18.5 Å². The molecular weight excluding hydrogens is 342 g/mol. The fraction of sp³-hybridized carbons (Fsp3) is 0.688. The summed E-state index contributed by atoms with van der Waals surface area (Å²) in [6.45, 7) is 6.00. The number of hydrogen-bond donors (Lipinski definition) is 1. The van der Waals surface area contributed by atoms with Crippen LogP contribution in [0.3, 0.4) is 0 Å². The molecule has 0 bridgehead atoms. The van der Waals surface area contributed by atoms with Crippen LogP contribution in [0.1, 0.15) is 26.7 Å². The standard InChI is InChI=1S/C16H27N5O3S/c1-3-14(4-2)15(22)17-8-13-25(23,24)21-11-9-20(10-12-21)16-18-6-5-7-19-16/h5-7,14H,3-4,8-13H2,1-2H3,(H,17,22). The zero-order valence-corrected chi connectivity index (χ0v) is 15.7. The Balaban J connectivity index is 1.80. The number of nitrogens with zero attached hydrogens (tertiary/aromatic N) is 4. The van der Waals surface area contributed by atoms with Crippen LogP contribution in [0.2, 0.25) is 0 Å². The van der Waals surface area contributed by atoms with Gasteiger partial charge in [-0.1, -0.05) is 13.8 Å². The van der Waals surface area contributed by atoms with Gasteiger partial charge in [0.15, 0.2) is 0 Å². The monoisotopic (exact) mass is 369 g/mol. The highest BCUT2D eigenvalue weighted by atomic mass is 32.2. The van der Waals surface area contributed by atoms with E-state index < -0.39 is 10.0 Å². The lowest BCUT2D eigenvalue weighted by molar-refractivity contribution is -0.125. The van der Waals surface area contributed by atoms with Crippen molar-refractivity contribution in [1.82, 2.24) is 19.6 Å². The third-order valence-electron chi connectivity index (χ3n) is 4.48. The van der Waals surface area contributed by atoms with E-state index in [1.54, 1.807) is 18.5 Å². The van der Waals surface area contributed by atoms with Gasteiger partial charge in [0.25, 0.3) is 0 Å². The molecule has 1 aliphatic rings. The summed E-state index contributed by atoms with van der Waals surface area (Å²) in [7, 11) is -3.37. The first-order valence-electron chi connectivity index (χ1n) is 8.75. The van der Waals surface area contributed by atoms with Gasteiger partial charge in [0.1, 0.15) is 0 Å². The Labute approximate surface area is 149 Å². The Bertz CT molecular complexity index is 641. The molecule has 0 unspecified atom stereocenters. The molecule has 0 spiro atoms. The SMILES string of the molecule is CCC(CC)C(=O)NCCS(=O)(=O)N1CCN(c2ncccn2)CC1. The van der Waals surface area contributed by atoms with E-state index in [0.29, 0.717) is 32.1 Å². The highest BCUT2D eigenvalue weighted by Crippen LogP contribution is 2.13. The number of nitrogens with one attached hydrogen (secondary N) is 1. The van der Waals surface area contributed by atoms with E-state index in [1.807, 2.05) is 18.7 Å². The zero-order valence-electron chi connectivity index (χ0n) is 14.9. The molecular formula is C16H27N5O3S. The number of carbonyl (C=O) groups is 1. The van der Waals surface area contributed by atoms with Crippen LogP contribution in [0.5, 0.6) is 0 Å². The minimum atomic E-state index is -3.37. The summed E-state index contributed by atoms with van der Waals surface area (Å²) in [6.07, 6.45) is 4.87. The molecule has 0 aliphatic carbocycles. The Morgan fingerprint density at radius 2 is 1.76 bits per heavy atom. The van der Waals surface area contributed by atoms with Crippen molar-refractivity contribution in [2.75, 3.05) is 43.4 Å². The summed E-state index contributed by atoms with van der Waals surface area (Å²) in [5, 5.41) is 2.74. The molecule has 8 nitrogen and oxygen atoms in total. The van der Waals surface area contributed by atoms with E-state index >= 15 is 0 Å². The Hall–Kier alpha value is -1.74. The Morgan fingerprint density at radius 1 is 1.16 bits per heavy atom. The smallest absolute Gasteiger partial charge is 0.225 e. The van der Waals surface area contributed by atoms with Crippen molar-refractivity contribution in [3.63, 3.8) is 0 Å². The Kier molecular flexibility index (Phi) is 7.12. The van der Waals surface area contributed by atoms with Gasteiger partial charge in [-0.3, -0.25) is 4.79 Å². The Morgan fingerprint density at radius 3 is 2.32 bits per heavy atom. The van der Waals surface area contributed by atoms with Gasteiger partial charge in [0, 0.05) is 51.0 Å². The number of rotatable bonds is 8. The fourth-order valence-electron chi connectivity index (χ4n) is 2.86. The molecule has 0 atom stereocenters. The summed E-state index contributed by atoms with van der Waals surface area (Å²) in [6, 6.07) is 1.75. The van der Waals surface area contributed by atoms with Crippen molar-refractivity contribution in [2.24, 2.45) is 5.92 Å². The summed E-state index contributed by atoms with van der Waals surface area (Å²) in [5.74, 6) is 0.445. The van der Waals surface area contributed by atoms with Crippen molar-refractivity contribution >= 4 is 21.9 Å². The molecule has 1 aromatic heterocycles. The van der Waals surface area contributed by atoms with Crippen LogP contribution >= 0.6 is 0 Å². The molecule has 25 heavy (non-hydrogen) atoms. The largest absolute Gasteiger partial charge is 0.355 e. The first-order valence-corrected chi connectivity index (χ1v) is 10.4. The molecule has 1 saturated heterocycles. The molecule has 0 saturated carbocycles. The number of amides is 1. The predicted molar refractivity (Wildman–Crippen MR) is 96.7 cm³/mol. The predicted octanol–water partition coefficient (Wildman–Crippen LogP) is 0.481. The van der Waals surface area contributed by atoms with Crippen molar-refractivity contribution in [1.29, 1.82) is 0 Å². The van der Waals surface area contributed by atoms with Gasteiger partial charge in [-0.15, -0.1) is 0 Å². The van der Waals surface area contributed by atoms with Crippen molar-refractivity contribution in [2.45, 2.75) is 26.7 Å². The van der Waals surface area contributed by atoms with E-state index in [0.717, 1.165) is 12.8 Å². The van der Waals surface area contributed by atoms with E-state index in [2.05, 4.69) is 15.3 Å². The van der Waals surface area contributed by atoms with Crippen LogP contribution in [0.15, 0.2) is 18.5 Å². The molecule has 2 heterocycles. The molecule has 1 aromatic rings. The van der Waals surface area contributed by atoms with E-state index in [9.17, 15) is 13.2 Å². The fourth-order valence-corrected chi connectivity index (χ4v) is 4.19. The average Bonchev–Trinajstić information content (AvgIpc) is 2.63. The zero-order chi connectivity index (χ0) is 18.3. The van der Waals surface area contributed by atoms with Crippen molar-refractivity contribution < 1.29 is 13.2 Å². The second-order valence-corrected chi connectivity index (χ2v) is 8.14. The number of sulfonamides is 1. The molecule has 1 aliphatic heterocycles. The summed E-state index contributed by atoms with van der Waals surface area (Å²) < 4.78 is 26.4. The molecule has 1 N–H and O–H groups in total. The molecule has 140 valence electrons. The van der Waals surface area contributed by atoms with E-state index in [-0.39, 0.29) is 24.1 Å². The first kappa shape index (κ1) is 19.6. The number of hydrogen-bond acceptors (Lipinski definition) is 6. The summed E-state index contributed by atoms with van der Waals surface area (Å²) in [4.78, 5) is 22.3. The van der Waals surface area contributed by atoms with Gasteiger partial charge in [-0.05, 0) is 18.9 Å². The van der Waals surface area contributed by atoms with Crippen LogP contribution in [-0.2, 0) is 14.8 Å². The third kappa shape index (κ3) is 5.37. The van der Waals surface area contributed by atoms with Gasteiger partial charge in [-0.2, -0.15) is 4.31 Å². The summed E-state index contributed by atoms with van der Waals surface area (Å²) in [5.41, 5.74) is 0. The highest BCUT2D eigenvalue weighted by Gasteiger charge is 2.27. The lowest BCUT2D eigenvalue weighted by Gasteiger charge is -2.33. The normalized spacial score (nSPS) is 16.2. The second kappa shape index (κ2) is 9.10. The van der Waals surface area contributed by atoms with Crippen LogP contribution in [0.25, 0.3) is 0 Å². The van der Waals surface area contributed by atoms with Gasteiger partial charge < -0.3 is 10.2 Å². The number of carbonyl (C=O) groups excluding carboxylic acids is 1. The van der Waals surface area contributed by atoms with E-state index in [4.69, 9.17) is 0 Å². The maximum atomic E-state index is 12.4. The maximum absolute atomic E-state index is 12.4. The number of aromatic nitrogens is 2. The van der Waals surface area contributed by atoms with Gasteiger partial charge in [0.2, 0.25) is 21.9 Å². The highest BCUT2D eigenvalue weighted by molar-refractivity contribution is 7.89. The van der Waals surface area contributed by atoms with E-state index in [1.165, 1.54) is 4.31 Å². The quantitative estimate of drug-likeness (QED) is 0.716. The molecule has 1 amide bonds. The van der Waals surface area contributed by atoms with Crippen LogP contribution in [0, 0.1) is 5.92 Å². The maximum Gasteiger partial charge on any atom is 0.225 e. The van der Waals surface area contributed by atoms with Gasteiger partial charge in [0.05, 0.1) is 5.75 Å². The van der Waals surface area contributed by atoms with Crippen LogP contribution < -0.4 is 10.2 Å². The molecule has 2 rings (SSSR count).